The smallest absolute Gasteiger partial charge is 0.329 e. The Bertz CT molecular complexity index is 769. The van der Waals surface area contributed by atoms with Gasteiger partial charge in [0.25, 0.3) is 5.56 Å². The predicted molar refractivity (Wildman–Crippen MR) is 88.4 cm³/mol. The molecule has 0 bridgehead atoms. The van der Waals surface area contributed by atoms with E-state index in [0.29, 0.717) is 23.7 Å². The highest BCUT2D eigenvalue weighted by atomic mass is 16.2. The number of unbranched alkanes of at least 4 members (excludes halogenated alkanes) is 3. The molecule has 0 fully saturated rings. The molecule has 2 aromatic rings. The zero-order chi connectivity index (χ0) is 16.1. The zero-order valence-electron chi connectivity index (χ0n) is 13.2. The van der Waals surface area contributed by atoms with Crippen molar-refractivity contribution in [1.29, 1.82) is 0 Å². The van der Waals surface area contributed by atoms with Crippen LogP contribution in [-0.4, -0.2) is 25.6 Å². The van der Waals surface area contributed by atoms with Crippen LogP contribution in [0.1, 0.15) is 32.6 Å². The van der Waals surface area contributed by atoms with Crippen LogP contribution < -0.4 is 16.6 Å². The average Bonchev–Trinajstić information content (AvgIpc) is 2.85. The van der Waals surface area contributed by atoms with Gasteiger partial charge in [0.2, 0.25) is 5.95 Å². The lowest BCUT2D eigenvalue weighted by molar-refractivity contribution is 0.681. The van der Waals surface area contributed by atoms with Crippen LogP contribution in [0, 0.1) is 0 Å². The average molecular weight is 305 g/mol. The van der Waals surface area contributed by atoms with Gasteiger partial charge in [-0.1, -0.05) is 32.3 Å². The number of hydrogen-bond acceptors (Lipinski definition) is 4. The molecule has 120 valence electrons. The lowest BCUT2D eigenvalue weighted by Crippen LogP contribution is -2.29. The molecule has 0 atom stereocenters. The Morgan fingerprint density at radius 2 is 2.09 bits per heavy atom. The lowest BCUT2D eigenvalue weighted by atomic mass is 10.2. The number of anilines is 1. The molecule has 0 aliphatic carbocycles. The van der Waals surface area contributed by atoms with E-state index in [9.17, 15) is 9.59 Å². The van der Waals surface area contributed by atoms with E-state index in [1.54, 1.807) is 17.7 Å². The maximum Gasteiger partial charge on any atom is 0.329 e. The normalized spacial score (nSPS) is 11.0. The molecule has 0 unspecified atom stereocenters. The number of rotatable bonds is 8. The molecule has 0 radical (unpaired) electrons. The molecular formula is C15H23N5O2. The second-order valence-corrected chi connectivity index (χ2v) is 5.31. The summed E-state index contributed by atoms with van der Waals surface area (Å²) in [5.74, 6) is 0.595. The summed E-state index contributed by atoms with van der Waals surface area (Å²) in [7, 11) is 1.59. The van der Waals surface area contributed by atoms with Crippen LogP contribution in [0.3, 0.4) is 0 Å². The van der Waals surface area contributed by atoms with Crippen molar-refractivity contribution in [1.82, 2.24) is 19.1 Å². The van der Waals surface area contributed by atoms with Gasteiger partial charge in [-0.05, 0) is 6.42 Å². The van der Waals surface area contributed by atoms with Gasteiger partial charge < -0.3 is 9.88 Å². The minimum absolute atomic E-state index is 0.381. The van der Waals surface area contributed by atoms with Crippen LogP contribution >= 0.6 is 0 Å². The highest BCUT2D eigenvalue weighted by molar-refractivity contribution is 5.74. The summed E-state index contributed by atoms with van der Waals surface area (Å²) in [6.45, 7) is 7.12. The first-order valence-corrected chi connectivity index (χ1v) is 7.64. The summed E-state index contributed by atoms with van der Waals surface area (Å²) >= 11 is 0. The first-order valence-electron chi connectivity index (χ1n) is 7.64. The number of nitrogens with one attached hydrogen (secondary N) is 2. The van der Waals surface area contributed by atoms with E-state index in [2.05, 4.69) is 28.8 Å². The number of fused-ring (bicyclic) bond motifs is 1. The molecule has 2 aromatic heterocycles. The molecule has 0 saturated carbocycles. The number of aromatic nitrogens is 4. The summed E-state index contributed by atoms with van der Waals surface area (Å²) in [4.78, 5) is 30.5. The maximum absolute atomic E-state index is 12.1. The van der Waals surface area contributed by atoms with Gasteiger partial charge in [-0.25, -0.2) is 4.79 Å². The topological polar surface area (TPSA) is 84.7 Å². The molecule has 2 rings (SSSR count). The van der Waals surface area contributed by atoms with Crippen molar-refractivity contribution < 1.29 is 0 Å². The van der Waals surface area contributed by atoms with Crippen molar-refractivity contribution >= 4 is 17.1 Å². The van der Waals surface area contributed by atoms with Gasteiger partial charge in [0.1, 0.15) is 0 Å². The lowest BCUT2D eigenvalue weighted by Gasteiger charge is -2.08. The second-order valence-electron chi connectivity index (χ2n) is 5.31. The van der Waals surface area contributed by atoms with E-state index in [-0.39, 0.29) is 0 Å². The highest BCUT2D eigenvalue weighted by Crippen LogP contribution is 2.15. The van der Waals surface area contributed by atoms with Gasteiger partial charge in [-0.3, -0.25) is 14.3 Å². The van der Waals surface area contributed by atoms with Gasteiger partial charge in [0, 0.05) is 20.1 Å². The summed E-state index contributed by atoms with van der Waals surface area (Å²) in [5.41, 5.74) is -0.119. The largest absolute Gasteiger partial charge is 0.356 e. The van der Waals surface area contributed by atoms with Crippen LogP contribution in [0.2, 0.25) is 0 Å². The third-order valence-corrected chi connectivity index (χ3v) is 3.63. The first-order chi connectivity index (χ1) is 10.6. The van der Waals surface area contributed by atoms with Crippen molar-refractivity contribution in [2.45, 2.75) is 39.2 Å². The molecule has 0 amide bonds. The first kappa shape index (κ1) is 16.1. The third kappa shape index (κ3) is 3.13. The summed E-state index contributed by atoms with van der Waals surface area (Å²) in [5, 5.41) is 3.26. The molecule has 7 heteroatoms. The van der Waals surface area contributed by atoms with Crippen LogP contribution in [0.5, 0.6) is 0 Å². The van der Waals surface area contributed by atoms with Crippen LogP contribution in [0.4, 0.5) is 5.95 Å². The quantitative estimate of drug-likeness (QED) is 0.573. The molecule has 0 aliphatic heterocycles. The predicted octanol–water partition coefficient (Wildman–Crippen LogP) is 1.60. The number of aromatic amines is 1. The van der Waals surface area contributed by atoms with Gasteiger partial charge in [0.15, 0.2) is 11.2 Å². The molecule has 22 heavy (non-hydrogen) atoms. The van der Waals surface area contributed by atoms with E-state index >= 15 is 0 Å². The molecule has 7 nitrogen and oxygen atoms in total. The molecule has 0 saturated heterocycles. The summed E-state index contributed by atoms with van der Waals surface area (Å²) < 4.78 is 3.10. The Balaban J connectivity index is 2.37. The molecule has 0 aliphatic rings. The van der Waals surface area contributed by atoms with E-state index in [0.717, 1.165) is 19.4 Å². The van der Waals surface area contributed by atoms with E-state index in [1.165, 1.54) is 17.4 Å². The fourth-order valence-electron chi connectivity index (χ4n) is 2.43. The maximum atomic E-state index is 12.1. The monoisotopic (exact) mass is 305 g/mol. The van der Waals surface area contributed by atoms with Crippen molar-refractivity contribution in [3.05, 3.63) is 33.5 Å². The minimum atomic E-state index is -0.463. The van der Waals surface area contributed by atoms with Crippen molar-refractivity contribution in [3.8, 4) is 0 Å². The van der Waals surface area contributed by atoms with Crippen LogP contribution in [0.25, 0.3) is 11.2 Å². The van der Waals surface area contributed by atoms with Crippen molar-refractivity contribution in [3.63, 3.8) is 0 Å². The van der Waals surface area contributed by atoms with Crippen LogP contribution in [0.15, 0.2) is 22.2 Å². The van der Waals surface area contributed by atoms with E-state index in [1.807, 2.05) is 0 Å². The number of H-pyrrole nitrogens is 1. The van der Waals surface area contributed by atoms with Crippen LogP contribution in [-0.2, 0) is 13.6 Å². The Labute approximate surface area is 128 Å². The van der Waals surface area contributed by atoms with Crippen molar-refractivity contribution in [2.75, 3.05) is 11.9 Å². The Morgan fingerprint density at radius 1 is 1.32 bits per heavy atom. The number of nitrogens with zero attached hydrogens (tertiary/aromatic N) is 3. The van der Waals surface area contributed by atoms with Gasteiger partial charge >= 0.3 is 5.69 Å². The minimum Gasteiger partial charge on any atom is -0.356 e. The molecule has 0 spiro atoms. The fraction of sp³-hybridized carbons (Fsp3) is 0.533. The summed E-state index contributed by atoms with van der Waals surface area (Å²) in [6, 6.07) is 0. The molecule has 2 heterocycles. The molecule has 2 N–H and O–H groups in total. The number of aryl methyl sites for hydroxylation is 1. The zero-order valence-corrected chi connectivity index (χ0v) is 13.2. The Kier molecular flexibility index (Phi) is 5.19. The number of imidazole rings is 1. The SMILES string of the molecule is C=CCn1c(NCCCCCC)nc2c1c(=O)[nH]c(=O)n2C. The highest BCUT2D eigenvalue weighted by Gasteiger charge is 2.16. The standard InChI is InChI=1S/C15H23N5O2/c1-4-6-7-8-9-16-14-17-12-11(20(14)10-5-2)13(21)18-15(22)19(12)3/h5H,2,4,6-10H2,1,3H3,(H,16,17)(H,18,21,22). The number of hydrogen-bond donors (Lipinski definition) is 2. The van der Waals surface area contributed by atoms with Crippen molar-refractivity contribution in [2.24, 2.45) is 7.05 Å². The Hall–Kier alpha value is -2.31. The number of allylic oxidation sites excluding steroid dienone is 1. The summed E-state index contributed by atoms with van der Waals surface area (Å²) in [6.07, 6.45) is 6.30. The molecular weight excluding hydrogens is 282 g/mol. The van der Waals surface area contributed by atoms with E-state index in [4.69, 9.17) is 0 Å². The fourth-order valence-corrected chi connectivity index (χ4v) is 2.43. The van der Waals surface area contributed by atoms with Gasteiger partial charge in [0.05, 0.1) is 0 Å². The van der Waals surface area contributed by atoms with Gasteiger partial charge in [-0.15, -0.1) is 6.58 Å². The Morgan fingerprint density at radius 3 is 2.77 bits per heavy atom. The van der Waals surface area contributed by atoms with Gasteiger partial charge in [-0.2, -0.15) is 4.98 Å². The third-order valence-electron chi connectivity index (χ3n) is 3.63. The molecule has 0 aromatic carbocycles. The second kappa shape index (κ2) is 7.11. The van der Waals surface area contributed by atoms with E-state index < -0.39 is 11.2 Å².